The lowest BCUT2D eigenvalue weighted by Crippen LogP contribution is -1.98. The van der Waals surface area contributed by atoms with Crippen LogP contribution < -0.4 is 4.74 Å². The monoisotopic (exact) mass is 338 g/mol. The average Bonchev–Trinajstić information content (AvgIpc) is 3.43. The van der Waals surface area contributed by atoms with Crippen molar-refractivity contribution >= 4 is 0 Å². The van der Waals surface area contributed by atoms with Crippen molar-refractivity contribution in [3.8, 4) is 5.75 Å². The molecule has 1 atom stereocenters. The van der Waals surface area contributed by atoms with Gasteiger partial charge in [-0.25, -0.2) is 0 Å². The second-order valence-corrected chi connectivity index (χ2v) is 7.25. The Kier molecular flexibility index (Phi) is 6.52. The van der Waals surface area contributed by atoms with Crippen LogP contribution in [-0.4, -0.2) is 19.3 Å². The third-order valence-electron chi connectivity index (χ3n) is 4.99. The molecule has 0 spiro atoms. The molecule has 2 heteroatoms. The Bertz CT molecular complexity index is 656. The lowest BCUT2D eigenvalue weighted by atomic mass is 10.0. The first kappa shape index (κ1) is 18.0. The van der Waals surface area contributed by atoms with E-state index >= 15 is 0 Å². The first-order valence-electron chi connectivity index (χ1n) is 9.60. The van der Waals surface area contributed by atoms with Gasteiger partial charge < -0.3 is 9.47 Å². The summed E-state index contributed by atoms with van der Waals surface area (Å²) in [5, 5.41) is 0. The first-order chi connectivity index (χ1) is 12.2. The number of hydrogen-bond donors (Lipinski definition) is 0. The van der Waals surface area contributed by atoms with E-state index in [2.05, 4.69) is 56.3 Å². The number of benzene rings is 2. The van der Waals surface area contributed by atoms with Gasteiger partial charge in [0.15, 0.2) is 0 Å². The first-order valence-corrected chi connectivity index (χ1v) is 9.60. The predicted molar refractivity (Wildman–Crippen MR) is 103 cm³/mol. The van der Waals surface area contributed by atoms with Gasteiger partial charge in [-0.3, -0.25) is 0 Å². The highest BCUT2D eigenvalue weighted by Gasteiger charge is 2.20. The molecule has 2 aromatic carbocycles. The van der Waals surface area contributed by atoms with E-state index in [0.717, 1.165) is 31.8 Å². The van der Waals surface area contributed by atoms with Crippen molar-refractivity contribution < 1.29 is 9.47 Å². The number of ether oxygens (including phenoxy) is 2. The Morgan fingerprint density at radius 3 is 2.32 bits per heavy atom. The fourth-order valence-corrected chi connectivity index (χ4v) is 3.11. The van der Waals surface area contributed by atoms with Crippen LogP contribution in [0.5, 0.6) is 5.75 Å². The summed E-state index contributed by atoms with van der Waals surface area (Å²) in [6.45, 7) is 6.14. The van der Waals surface area contributed by atoms with E-state index in [1.807, 2.05) is 0 Å². The smallest absolute Gasteiger partial charge is 0.119 e. The lowest BCUT2D eigenvalue weighted by Gasteiger charge is -2.08. The van der Waals surface area contributed by atoms with E-state index in [0.29, 0.717) is 6.10 Å². The Balaban J connectivity index is 1.35. The third-order valence-corrected chi connectivity index (χ3v) is 4.99. The second kappa shape index (κ2) is 9.05. The molecule has 0 N–H and O–H groups in total. The largest absolute Gasteiger partial charge is 0.494 e. The van der Waals surface area contributed by atoms with Crippen molar-refractivity contribution in [2.75, 3.05) is 13.2 Å². The molecule has 2 aromatic rings. The van der Waals surface area contributed by atoms with Gasteiger partial charge in [-0.05, 0) is 67.5 Å². The summed E-state index contributed by atoms with van der Waals surface area (Å²) in [6, 6.07) is 15.3. The molecule has 0 aromatic heterocycles. The van der Waals surface area contributed by atoms with Crippen molar-refractivity contribution in [2.24, 2.45) is 0 Å². The molecule has 2 nitrogen and oxygen atoms in total. The van der Waals surface area contributed by atoms with Gasteiger partial charge in [0.1, 0.15) is 5.75 Å². The summed E-state index contributed by atoms with van der Waals surface area (Å²) >= 11 is 0. The molecule has 1 heterocycles. The second-order valence-electron chi connectivity index (χ2n) is 7.25. The van der Waals surface area contributed by atoms with E-state index in [1.165, 1.54) is 47.9 Å². The highest BCUT2D eigenvalue weighted by Crippen LogP contribution is 2.19. The minimum Gasteiger partial charge on any atom is -0.494 e. The molecule has 0 bridgehead atoms. The average molecular weight is 338 g/mol. The summed E-state index contributed by atoms with van der Waals surface area (Å²) in [5.74, 6) is 0.982. The topological polar surface area (TPSA) is 21.8 Å². The van der Waals surface area contributed by atoms with E-state index in [4.69, 9.17) is 9.47 Å². The quantitative estimate of drug-likeness (QED) is 0.414. The molecule has 0 aliphatic carbocycles. The number of rotatable bonds is 10. The Morgan fingerprint density at radius 2 is 1.60 bits per heavy atom. The zero-order valence-corrected chi connectivity index (χ0v) is 15.6. The van der Waals surface area contributed by atoms with Gasteiger partial charge in [0.2, 0.25) is 0 Å². The van der Waals surface area contributed by atoms with Crippen molar-refractivity contribution in [2.45, 2.75) is 58.5 Å². The van der Waals surface area contributed by atoms with Gasteiger partial charge in [0.05, 0.1) is 19.3 Å². The summed E-state index contributed by atoms with van der Waals surface area (Å²) in [5.41, 5.74) is 5.42. The molecule has 25 heavy (non-hydrogen) atoms. The number of epoxide rings is 1. The van der Waals surface area contributed by atoms with Crippen molar-refractivity contribution in [1.29, 1.82) is 0 Å². The van der Waals surface area contributed by atoms with Gasteiger partial charge in [-0.15, -0.1) is 0 Å². The SMILES string of the molecule is Cc1ccc(Cc2ccc(OCCCCCCC3CO3)cc2)cc1C. The van der Waals surface area contributed by atoms with E-state index in [9.17, 15) is 0 Å². The van der Waals surface area contributed by atoms with Crippen LogP contribution in [0.4, 0.5) is 0 Å². The molecule has 0 saturated carbocycles. The molecule has 1 unspecified atom stereocenters. The normalized spacial score (nSPS) is 16.0. The molecule has 3 rings (SSSR count). The maximum Gasteiger partial charge on any atom is 0.119 e. The summed E-state index contributed by atoms with van der Waals surface area (Å²) < 4.78 is 11.1. The van der Waals surface area contributed by atoms with Crippen LogP contribution in [0.2, 0.25) is 0 Å². The van der Waals surface area contributed by atoms with Crippen LogP contribution in [0.25, 0.3) is 0 Å². The Labute approximate surface area is 152 Å². The number of hydrogen-bond acceptors (Lipinski definition) is 2. The highest BCUT2D eigenvalue weighted by molar-refractivity contribution is 5.35. The molecule has 134 valence electrons. The fraction of sp³-hybridized carbons (Fsp3) is 0.478. The summed E-state index contributed by atoms with van der Waals surface area (Å²) in [7, 11) is 0. The zero-order valence-electron chi connectivity index (χ0n) is 15.6. The van der Waals surface area contributed by atoms with Crippen molar-refractivity contribution in [3.63, 3.8) is 0 Å². The molecule has 1 aliphatic heterocycles. The van der Waals surface area contributed by atoms with Gasteiger partial charge >= 0.3 is 0 Å². The van der Waals surface area contributed by atoms with Crippen LogP contribution in [0.3, 0.4) is 0 Å². The predicted octanol–water partition coefficient (Wildman–Crippen LogP) is 5.62. The molecule has 1 saturated heterocycles. The maximum absolute atomic E-state index is 5.86. The van der Waals surface area contributed by atoms with Crippen LogP contribution >= 0.6 is 0 Å². The Morgan fingerprint density at radius 1 is 0.880 bits per heavy atom. The summed E-state index contributed by atoms with van der Waals surface area (Å²) in [6.07, 6.45) is 7.76. The van der Waals surface area contributed by atoms with Crippen molar-refractivity contribution in [1.82, 2.24) is 0 Å². The fourth-order valence-electron chi connectivity index (χ4n) is 3.11. The van der Waals surface area contributed by atoms with Gasteiger partial charge in [-0.2, -0.15) is 0 Å². The Hall–Kier alpha value is -1.80. The van der Waals surface area contributed by atoms with Gasteiger partial charge in [0, 0.05) is 0 Å². The zero-order chi connectivity index (χ0) is 17.5. The van der Waals surface area contributed by atoms with E-state index in [1.54, 1.807) is 0 Å². The molecule has 1 fully saturated rings. The van der Waals surface area contributed by atoms with Crippen LogP contribution in [0, 0.1) is 13.8 Å². The maximum atomic E-state index is 5.86. The minimum absolute atomic E-state index is 0.582. The van der Waals surface area contributed by atoms with E-state index < -0.39 is 0 Å². The molecule has 0 amide bonds. The van der Waals surface area contributed by atoms with Crippen molar-refractivity contribution in [3.05, 3.63) is 64.7 Å². The summed E-state index contributed by atoms with van der Waals surface area (Å²) in [4.78, 5) is 0. The van der Waals surface area contributed by atoms with Crippen LogP contribution in [0.1, 0.15) is 54.4 Å². The van der Waals surface area contributed by atoms with Crippen LogP contribution in [0.15, 0.2) is 42.5 Å². The van der Waals surface area contributed by atoms with Gasteiger partial charge in [0.25, 0.3) is 0 Å². The van der Waals surface area contributed by atoms with Crippen LogP contribution in [-0.2, 0) is 11.2 Å². The molecular formula is C23H30O2. The molecule has 0 radical (unpaired) electrons. The van der Waals surface area contributed by atoms with E-state index in [-0.39, 0.29) is 0 Å². The number of unbranched alkanes of at least 4 members (excludes halogenated alkanes) is 3. The highest BCUT2D eigenvalue weighted by atomic mass is 16.6. The van der Waals surface area contributed by atoms with Gasteiger partial charge in [-0.1, -0.05) is 49.6 Å². The lowest BCUT2D eigenvalue weighted by molar-refractivity contribution is 0.303. The molecule has 1 aliphatic rings. The standard InChI is InChI=1S/C23H30O2/c1-18-8-9-21(15-19(18)2)16-20-10-12-22(13-11-20)24-14-6-4-3-5-7-23-17-25-23/h8-13,15,23H,3-7,14,16-17H2,1-2H3. The molecular weight excluding hydrogens is 308 g/mol. The minimum atomic E-state index is 0.582. The number of aryl methyl sites for hydroxylation is 2. The third kappa shape index (κ3) is 6.21.